The van der Waals surface area contributed by atoms with Crippen LogP contribution in [0.2, 0.25) is 0 Å². The highest BCUT2D eigenvalue weighted by atomic mass is 32.1. The van der Waals surface area contributed by atoms with Gasteiger partial charge in [0.25, 0.3) is 0 Å². The second-order valence-electron chi connectivity index (χ2n) is 5.58. The molecule has 3 rings (SSSR count). The van der Waals surface area contributed by atoms with E-state index in [-0.39, 0.29) is 5.91 Å². The van der Waals surface area contributed by atoms with Gasteiger partial charge < -0.3 is 4.90 Å². The first-order chi connectivity index (χ1) is 11.1. The highest BCUT2D eigenvalue weighted by Crippen LogP contribution is 2.22. The van der Waals surface area contributed by atoms with Gasteiger partial charge in [-0.25, -0.2) is 4.98 Å². The number of rotatable bonds is 6. The minimum Gasteiger partial charge on any atom is -0.340 e. The molecule has 0 radical (unpaired) electrons. The van der Waals surface area contributed by atoms with Crippen LogP contribution in [0.4, 0.5) is 0 Å². The van der Waals surface area contributed by atoms with Crippen molar-refractivity contribution in [2.45, 2.75) is 13.1 Å². The molecular weight excluding hydrogens is 326 g/mol. The topological polar surface area (TPSA) is 36.4 Å². The number of likely N-dealkylation sites (N-methyl/N-ethyl adjacent to an activating group) is 2. The van der Waals surface area contributed by atoms with Crippen molar-refractivity contribution in [2.24, 2.45) is 0 Å². The van der Waals surface area contributed by atoms with Gasteiger partial charge in [-0.3, -0.25) is 9.69 Å². The molecule has 0 bridgehead atoms. The van der Waals surface area contributed by atoms with Crippen molar-refractivity contribution in [3.05, 3.63) is 51.7 Å². The van der Waals surface area contributed by atoms with E-state index in [1.54, 1.807) is 27.6 Å². The van der Waals surface area contributed by atoms with Crippen LogP contribution in [0.25, 0.3) is 10.2 Å². The Bertz CT molecular complexity index is 749. The van der Waals surface area contributed by atoms with E-state index in [9.17, 15) is 4.79 Å². The standard InChI is InChI=1S/C17H19N3OS2/c1-19(11-16-18-14-7-3-4-8-15(14)23-16)12-17(21)20(2)10-13-6-5-9-22-13/h3-9H,10-12H2,1-2H3. The number of aromatic nitrogens is 1. The Hall–Kier alpha value is -1.76. The Morgan fingerprint density at radius 3 is 2.70 bits per heavy atom. The van der Waals surface area contributed by atoms with Crippen LogP contribution in [0.15, 0.2) is 41.8 Å². The maximum Gasteiger partial charge on any atom is 0.236 e. The summed E-state index contributed by atoms with van der Waals surface area (Å²) in [5.74, 6) is 0.127. The summed E-state index contributed by atoms with van der Waals surface area (Å²) in [5, 5.41) is 3.08. The van der Waals surface area contributed by atoms with E-state index >= 15 is 0 Å². The number of amides is 1. The normalized spacial score (nSPS) is 11.3. The summed E-state index contributed by atoms with van der Waals surface area (Å²) in [6.07, 6.45) is 0. The third kappa shape index (κ3) is 4.16. The molecule has 0 spiro atoms. The van der Waals surface area contributed by atoms with Gasteiger partial charge in [0.05, 0.1) is 29.9 Å². The molecule has 0 N–H and O–H groups in total. The summed E-state index contributed by atoms with van der Waals surface area (Å²) in [4.78, 5) is 21.9. The lowest BCUT2D eigenvalue weighted by molar-refractivity contribution is -0.131. The van der Waals surface area contributed by atoms with Gasteiger partial charge in [-0.15, -0.1) is 22.7 Å². The second kappa shape index (κ2) is 7.21. The Morgan fingerprint density at radius 1 is 1.13 bits per heavy atom. The highest BCUT2D eigenvalue weighted by Gasteiger charge is 2.14. The van der Waals surface area contributed by atoms with E-state index in [0.717, 1.165) is 10.5 Å². The number of carbonyl (C=O) groups is 1. The minimum absolute atomic E-state index is 0.127. The largest absolute Gasteiger partial charge is 0.340 e. The minimum atomic E-state index is 0.127. The Morgan fingerprint density at radius 2 is 1.96 bits per heavy atom. The van der Waals surface area contributed by atoms with Crippen LogP contribution in [-0.4, -0.2) is 41.3 Å². The number of thiazole rings is 1. The quantitative estimate of drug-likeness (QED) is 0.686. The number of hydrogen-bond acceptors (Lipinski definition) is 5. The van der Waals surface area contributed by atoms with Crippen LogP contribution >= 0.6 is 22.7 Å². The second-order valence-corrected chi connectivity index (χ2v) is 7.72. The molecule has 0 saturated carbocycles. The molecule has 120 valence electrons. The molecule has 4 nitrogen and oxygen atoms in total. The molecule has 1 amide bonds. The lowest BCUT2D eigenvalue weighted by Crippen LogP contribution is -2.35. The number of para-hydroxylation sites is 1. The van der Waals surface area contributed by atoms with Crippen molar-refractivity contribution in [2.75, 3.05) is 20.6 Å². The number of benzene rings is 1. The molecule has 0 fully saturated rings. The molecule has 0 aliphatic rings. The molecule has 0 aliphatic carbocycles. The SMILES string of the molecule is CN(CC(=O)N(C)Cc1cccs1)Cc1nc2ccccc2s1. The Kier molecular flexibility index (Phi) is 5.05. The van der Waals surface area contributed by atoms with Crippen LogP contribution < -0.4 is 0 Å². The zero-order valence-corrected chi connectivity index (χ0v) is 14.9. The van der Waals surface area contributed by atoms with Crippen molar-refractivity contribution in [1.82, 2.24) is 14.8 Å². The summed E-state index contributed by atoms with van der Waals surface area (Å²) in [6.45, 7) is 1.77. The van der Waals surface area contributed by atoms with Gasteiger partial charge in [0.1, 0.15) is 5.01 Å². The molecule has 0 unspecified atom stereocenters. The molecule has 0 aliphatic heterocycles. The Balaban J connectivity index is 1.55. The fourth-order valence-corrected chi connectivity index (χ4v) is 4.16. The maximum absolute atomic E-state index is 12.3. The van der Waals surface area contributed by atoms with Gasteiger partial charge >= 0.3 is 0 Å². The van der Waals surface area contributed by atoms with Crippen molar-refractivity contribution in [1.29, 1.82) is 0 Å². The van der Waals surface area contributed by atoms with Crippen molar-refractivity contribution >= 4 is 38.8 Å². The van der Waals surface area contributed by atoms with Crippen molar-refractivity contribution in [3.63, 3.8) is 0 Å². The van der Waals surface area contributed by atoms with E-state index in [4.69, 9.17) is 0 Å². The number of fused-ring (bicyclic) bond motifs is 1. The average Bonchev–Trinajstić information content (AvgIpc) is 3.15. The van der Waals surface area contributed by atoms with Gasteiger partial charge in [0.15, 0.2) is 0 Å². The van der Waals surface area contributed by atoms with Crippen LogP contribution in [0, 0.1) is 0 Å². The van der Waals surface area contributed by atoms with Gasteiger partial charge in [0, 0.05) is 11.9 Å². The lowest BCUT2D eigenvalue weighted by Gasteiger charge is -2.20. The van der Waals surface area contributed by atoms with Crippen molar-refractivity contribution < 1.29 is 4.79 Å². The van der Waals surface area contributed by atoms with E-state index in [1.165, 1.54) is 9.58 Å². The fraction of sp³-hybridized carbons (Fsp3) is 0.294. The monoisotopic (exact) mass is 345 g/mol. The smallest absolute Gasteiger partial charge is 0.236 e. The third-order valence-corrected chi connectivity index (χ3v) is 5.43. The average molecular weight is 345 g/mol. The summed E-state index contributed by atoms with van der Waals surface area (Å²) in [7, 11) is 3.82. The van der Waals surface area contributed by atoms with Crippen LogP contribution in [0.5, 0.6) is 0 Å². The van der Waals surface area contributed by atoms with Gasteiger partial charge in [0.2, 0.25) is 5.91 Å². The first-order valence-electron chi connectivity index (χ1n) is 7.41. The van der Waals surface area contributed by atoms with Crippen LogP contribution in [-0.2, 0) is 17.9 Å². The zero-order valence-electron chi connectivity index (χ0n) is 13.2. The molecule has 2 heterocycles. The molecule has 1 aromatic carbocycles. The predicted molar refractivity (Wildman–Crippen MR) is 96.7 cm³/mol. The fourth-order valence-electron chi connectivity index (χ4n) is 2.35. The highest BCUT2D eigenvalue weighted by molar-refractivity contribution is 7.18. The lowest BCUT2D eigenvalue weighted by atomic mass is 10.3. The zero-order chi connectivity index (χ0) is 16.2. The summed E-state index contributed by atoms with van der Waals surface area (Å²) < 4.78 is 1.19. The number of carbonyl (C=O) groups excluding carboxylic acids is 1. The van der Waals surface area contributed by atoms with E-state index in [1.807, 2.05) is 48.6 Å². The van der Waals surface area contributed by atoms with Crippen LogP contribution in [0.1, 0.15) is 9.88 Å². The summed E-state index contributed by atoms with van der Waals surface area (Å²) in [6, 6.07) is 12.2. The Labute approximate surface area is 144 Å². The van der Waals surface area contributed by atoms with E-state index in [2.05, 4.69) is 17.1 Å². The van der Waals surface area contributed by atoms with E-state index < -0.39 is 0 Å². The molecule has 2 aromatic heterocycles. The van der Waals surface area contributed by atoms with E-state index in [0.29, 0.717) is 19.6 Å². The molecule has 0 atom stereocenters. The molecule has 23 heavy (non-hydrogen) atoms. The summed E-state index contributed by atoms with van der Waals surface area (Å²) >= 11 is 3.37. The first-order valence-corrected chi connectivity index (χ1v) is 9.11. The predicted octanol–water partition coefficient (Wildman–Crippen LogP) is 3.45. The van der Waals surface area contributed by atoms with Gasteiger partial charge in [-0.2, -0.15) is 0 Å². The van der Waals surface area contributed by atoms with Gasteiger partial charge in [-0.05, 0) is 30.6 Å². The molecule has 6 heteroatoms. The first kappa shape index (κ1) is 16.1. The van der Waals surface area contributed by atoms with Gasteiger partial charge in [-0.1, -0.05) is 18.2 Å². The molecule has 3 aromatic rings. The number of hydrogen-bond donors (Lipinski definition) is 0. The number of thiophene rings is 1. The van der Waals surface area contributed by atoms with Crippen LogP contribution in [0.3, 0.4) is 0 Å². The van der Waals surface area contributed by atoms with Crippen molar-refractivity contribution in [3.8, 4) is 0 Å². The summed E-state index contributed by atoms with van der Waals surface area (Å²) in [5.41, 5.74) is 1.03. The molecule has 0 saturated heterocycles. The number of nitrogens with zero attached hydrogens (tertiary/aromatic N) is 3. The molecular formula is C17H19N3OS2. The third-order valence-electron chi connectivity index (χ3n) is 3.55. The maximum atomic E-state index is 12.3.